The van der Waals surface area contributed by atoms with E-state index in [0.29, 0.717) is 54.2 Å². The molecule has 216 valence electrons. The Kier molecular flexibility index (Phi) is 9.04. The SMILES string of the molecule is COc1cccc(Sc2cnc(Nc3nc(C4CCN(S(=O)(=O)N(C)C)CC4)ns3)c(Oc3cccnc3C)c2)c1. The second kappa shape index (κ2) is 12.7. The van der Waals surface area contributed by atoms with Crippen molar-refractivity contribution in [3.8, 4) is 17.2 Å². The zero-order chi connectivity index (χ0) is 29.0. The van der Waals surface area contributed by atoms with E-state index in [1.54, 1.807) is 45.4 Å². The normalized spacial score (nSPS) is 14.8. The lowest BCUT2D eigenvalue weighted by molar-refractivity contribution is 0.298. The fraction of sp³-hybridized carbons (Fsp3) is 0.333. The molecule has 4 heterocycles. The molecule has 0 saturated carbocycles. The summed E-state index contributed by atoms with van der Waals surface area (Å²) in [4.78, 5) is 15.6. The predicted molar refractivity (Wildman–Crippen MR) is 160 cm³/mol. The van der Waals surface area contributed by atoms with Gasteiger partial charge in [0.25, 0.3) is 10.2 Å². The van der Waals surface area contributed by atoms with Crippen LogP contribution in [0.25, 0.3) is 0 Å². The summed E-state index contributed by atoms with van der Waals surface area (Å²) in [6, 6.07) is 13.4. The number of aromatic nitrogens is 4. The van der Waals surface area contributed by atoms with Gasteiger partial charge >= 0.3 is 0 Å². The Labute approximate surface area is 248 Å². The highest BCUT2D eigenvalue weighted by molar-refractivity contribution is 7.99. The lowest BCUT2D eigenvalue weighted by atomic mass is 9.98. The molecule has 1 N–H and O–H groups in total. The number of nitrogens with zero attached hydrogens (tertiary/aromatic N) is 6. The minimum Gasteiger partial charge on any atom is -0.497 e. The Morgan fingerprint density at radius 2 is 1.88 bits per heavy atom. The monoisotopic (exact) mass is 613 g/mol. The van der Waals surface area contributed by atoms with E-state index >= 15 is 0 Å². The maximum atomic E-state index is 12.5. The molecule has 3 aromatic heterocycles. The Balaban J connectivity index is 1.34. The van der Waals surface area contributed by atoms with Gasteiger partial charge in [-0.1, -0.05) is 17.8 Å². The quantitative estimate of drug-likeness (QED) is 0.251. The highest BCUT2D eigenvalue weighted by atomic mass is 32.2. The van der Waals surface area contributed by atoms with Gasteiger partial charge in [-0.3, -0.25) is 4.98 Å². The standard InChI is InChI=1S/C27H31N7O4S3/c1-18-23(9-6-12-28-18)38-24-16-22(39-21-8-5-7-20(15-21)37-4)17-29-26(24)31-27-30-25(32-40-27)19-10-13-34(14-11-19)41(35,36)33(2)3/h5-9,12,15-17,19H,10-11,13-14H2,1-4H3,(H,29,30,31,32). The Hall–Kier alpha value is -3.30. The maximum Gasteiger partial charge on any atom is 0.281 e. The van der Waals surface area contributed by atoms with Gasteiger partial charge < -0.3 is 14.8 Å². The van der Waals surface area contributed by atoms with Crippen LogP contribution in [0.2, 0.25) is 0 Å². The van der Waals surface area contributed by atoms with Crippen LogP contribution >= 0.6 is 23.3 Å². The van der Waals surface area contributed by atoms with Crippen molar-refractivity contribution in [3.05, 3.63) is 66.4 Å². The average Bonchev–Trinajstić information content (AvgIpc) is 3.44. The van der Waals surface area contributed by atoms with Crippen LogP contribution in [-0.4, -0.2) is 70.6 Å². The van der Waals surface area contributed by atoms with Crippen molar-refractivity contribution in [2.75, 3.05) is 39.6 Å². The highest BCUT2D eigenvalue weighted by Crippen LogP contribution is 2.38. The first-order valence-corrected chi connectivity index (χ1v) is 15.9. The van der Waals surface area contributed by atoms with Crippen molar-refractivity contribution in [2.24, 2.45) is 0 Å². The number of nitrogens with one attached hydrogen (secondary N) is 1. The summed E-state index contributed by atoms with van der Waals surface area (Å²) in [6.45, 7) is 2.75. The summed E-state index contributed by atoms with van der Waals surface area (Å²) < 4.78 is 43.9. The van der Waals surface area contributed by atoms with E-state index in [4.69, 9.17) is 14.5 Å². The number of ether oxygens (including phenoxy) is 2. The second-order valence-electron chi connectivity index (χ2n) is 9.53. The van der Waals surface area contributed by atoms with E-state index in [1.807, 2.05) is 49.4 Å². The molecule has 1 aliphatic rings. The molecule has 1 aromatic carbocycles. The molecular weight excluding hydrogens is 583 g/mol. The summed E-state index contributed by atoms with van der Waals surface area (Å²) in [6.07, 6.45) is 4.81. The molecule has 0 radical (unpaired) electrons. The fourth-order valence-corrected chi connectivity index (χ4v) is 6.93. The molecular formula is C27H31N7O4S3. The molecule has 0 aliphatic carbocycles. The second-order valence-corrected chi connectivity index (χ2v) is 13.6. The van der Waals surface area contributed by atoms with Crippen LogP contribution in [0, 0.1) is 6.92 Å². The molecule has 0 amide bonds. The van der Waals surface area contributed by atoms with Crippen molar-refractivity contribution >= 4 is 44.5 Å². The summed E-state index contributed by atoms with van der Waals surface area (Å²) in [7, 11) is 1.32. The van der Waals surface area contributed by atoms with Crippen LogP contribution in [0.3, 0.4) is 0 Å². The van der Waals surface area contributed by atoms with Crippen LogP contribution in [0.5, 0.6) is 17.2 Å². The first-order valence-electron chi connectivity index (χ1n) is 12.9. The van der Waals surface area contributed by atoms with Gasteiger partial charge in [0.05, 0.1) is 12.8 Å². The number of hydrogen-bond acceptors (Lipinski definition) is 11. The van der Waals surface area contributed by atoms with Gasteiger partial charge in [-0.25, -0.2) is 9.97 Å². The van der Waals surface area contributed by atoms with E-state index in [9.17, 15) is 8.42 Å². The lowest BCUT2D eigenvalue weighted by Crippen LogP contribution is -2.44. The minimum absolute atomic E-state index is 0.0822. The first kappa shape index (κ1) is 29.2. The summed E-state index contributed by atoms with van der Waals surface area (Å²) in [5.74, 6) is 3.21. The Bertz CT molecular complexity index is 1610. The van der Waals surface area contributed by atoms with Gasteiger partial charge in [0.2, 0.25) is 5.13 Å². The third-order valence-electron chi connectivity index (χ3n) is 6.56. The number of hydrogen-bond donors (Lipinski definition) is 1. The van der Waals surface area contributed by atoms with Crippen LogP contribution in [0.1, 0.15) is 30.3 Å². The number of aryl methyl sites for hydroxylation is 1. The van der Waals surface area contributed by atoms with Crippen LogP contribution in [0.4, 0.5) is 10.9 Å². The Morgan fingerprint density at radius 3 is 2.61 bits per heavy atom. The van der Waals surface area contributed by atoms with Crippen molar-refractivity contribution in [2.45, 2.75) is 35.5 Å². The zero-order valence-corrected chi connectivity index (χ0v) is 25.6. The molecule has 1 fully saturated rings. The van der Waals surface area contributed by atoms with Crippen molar-refractivity contribution in [3.63, 3.8) is 0 Å². The molecule has 5 rings (SSSR count). The summed E-state index contributed by atoms with van der Waals surface area (Å²) >= 11 is 2.79. The topological polar surface area (TPSA) is 123 Å². The zero-order valence-electron chi connectivity index (χ0n) is 23.1. The van der Waals surface area contributed by atoms with Gasteiger partial charge in [0.1, 0.15) is 17.3 Å². The van der Waals surface area contributed by atoms with Crippen molar-refractivity contribution in [1.82, 2.24) is 27.9 Å². The molecule has 41 heavy (non-hydrogen) atoms. The molecule has 0 unspecified atom stereocenters. The molecule has 1 aliphatic heterocycles. The summed E-state index contributed by atoms with van der Waals surface area (Å²) in [5.41, 5.74) is 0.755. The third-order valence-corrected chi connectivity index (χ3v) is 10.1. The molecule has 0 bridgehead atoms. The minimum atomic E-state index is -3.42. The largest absolute Gasteiger partial charge is 0.497 e. The average molecular weight is 614 g/mol. The maximum absolute atomic E-state index is 12.5. The predicted octanol–water partition coefficient (Wildman–Crippen LogP) is 5.32. The van der Waals surface area contributed by atoms with Gasteiger partial charge in [-0.2, -0.15) is 21.4 Å². The number of benzene rings is 1. The van der Waals surface area contributed by atoms with E-state index < -0.39 is 10.2 Å². The van der Waals surface area contributed by atoms with E-state index in [2.05, 4.69) is 19.7 Å². The van der Waals surface area contributed by atoms with E-state index in [0.717, 1.165) is 21.2 Å². The highest BCUT2D eigenvalue weighted by Gasteiger charge is 2.31. The van der Waals surface area contributed by atoms with Crippen LogP contribution in [0.15, 0.2) is 64.6 Å². The molecule has 14 heteroatoms. The molecule has 0 spiro atoms. The van der Waals surface area contributed by atoms with Gasteiger partial charge in [0.15, 0.2) is 11.6 Å². The fourth-order valence-electron chi connectivity index (χ4n) is 4.28. The molecule has 1 saturated heterocycles. The van der Waals surface area contributed by atoms with Gasteiger partial charge in [0, 0.05) is 72.9 Å². The number of methoxy groups -OCH3 is 1. The van der Waals surface area contributed by atoms with Crippen LogP contribution in [-0.2, 0) is 10.2 Å². The van der Waals surface area contributed by atoms with Crippen LogP contribution < -0.4 is 14.8 Å². The van der Waals surface area contributed by atoms with E-state index in [1.165, 1.54) is 20.1 Å². The lowest BCUT2D eigenvalue weighted by Gasteiger charge is -2.31. The Morgan fingerprint density at radius 1 is 1.07 bits per heavy atom. The number of pyridine rings is 2. The number of anilines is 2. The third kappa shape index (κ3) is 6.96. The van der Waals surface area contributed by atoms with E-state index in [-0.39, 0.29) is 5.92 Å². The smallest absolute Gasteiger partial charge is 0.281 e. The molecule has 11 nitrogen and oxygen atoms in total. The number of rotatable bonds is 10. The first-order chi connectivity index (χ1) is 19.7. The van der Waals surface area contributed by atoms with Gasteiger partial charge in [-0.05, 0) is 50.1 Å². The van der Waals surface area contributed by atoms with Gasteiger partial charge in [-0.15, -0.1) is 0 Å². The molecule has 4 aromatic rings. The van der Waals surface area contributed by atoms with Crippen molar-refractivity contribution < 1.29 is 17.9 Å². The number of piperidine rings is 1. The van der Waals surface area contributed by atoms with Crippen molar-refractivity contribution in [1.29, 1.82) is 0 Å². The summed E-state index contributed by atoms with van der Waals surface area (Å²) in [5, 5.41) is 3.86. The molecule has 0 atom stereocenters.